The Morgan fingerprint density at radius 1 is 1.44 bits per heavy atom. The number of anilines is 1. The van der Waals surface area contributed by atoms with Crippen molar-refractivity contribution in [2.75, 3.05) is 12.0 Å². The average molecular weight is 224 g/mol. The maximum absolute atomic E-state index is 5.41. The van der Waals surface area contributed by atoms with Crippen LogP contribution in [0.4, 0.5) is 5.82 Å². The van der Waals surface area contributed by atoms with Crippen LogP contribution in [0, 0.1) is 0 Å². The molecule has 1 heterocycles. The number of hydrogen-bond acceptors (Lipinski definition) is 5. The predicted octanol–water partition coefficient (Wildman–Crippen LogP) is 1.81. The molecule has 0 atom stereocenters. The zero-order valence-corrected chi connectivity index (χ0v) is 10.2. The van der Waals surface area contributed by atoms with Gasteiger partial charge in [0.25, 0.3) is 0 Å². The van der Waals surface area contributed by atoms with Gasteiger partial charge in [-0.3, -0.25) is 0 Å². The molecule has 1 aromatic heterocycles. The van der Waals surface area contributed by atoms with Gasteiger partial charge in [-0.2, -0.15) is 0 Å². The van der Waals surface area contributed by atoms with Crippen LogP contribution in [0.5, 0.6) is 0 Å². The highest BCUT2D eigenvalue weighted by Crippen LogP contribution is 2.15. The maximum Gasteiger partial charge on any atom is 0.156 e. The SMILES string of the molecule is CCCOCc1nc(NN)cc(C(C)C)n1. The van der Waals surface area contributed by atoms with Crippen molar-refractivity contribution >= 4 is 5.82 Å². The molecule has 0 saturated carbocycles. The predicted molar refractivity (Wildman–Crippen MR) is 63.9 cm³/mol. The second kappa shape index (κ2) is 6.40. The molecule has 0 aliphatic rings. The Kier molecular flexibility index (Phi) is 5.14. The van der Waals surface area contributed by atoms with Crippen LogP contribution >= 0.6 is 0 Å². The number of ether oxygens (including phenoxy) is 1. The van der Waals surface area contributed by atoms with E-state index in [1.54, 1.807) is 0 Å². The van der Waals surface area contributed by atoms with Crippen molar-refractivity contribution in [3.63, 3.8) is 0 Å². The molecule has 0 aliphatic carbocycles. The normalized spacial score (nSPS) is 10.8. The summed E-state index contributed by atoms with van der Waals surface area (Å²) in [7, 11) is 0. The molecule has 3 N–H and O–H groups in total. The number of hydrazine groups is 1. The molecule has 0 radical (unpaired) electrons. The van der Waals surface area contributed by atoms with Crippen molar-refractivity contribution in [2.24, 2.45) is 5.84 Å². The minimum Gasteiger partial charge on any atom is -0.373 e. The van der Waals surface area contributed by atoms with Gasteiger partial charge in [0.1, 0.15) is 12.4 Å². The Labute approximate surface area is 96.4 Å². The zero-order valence-electron chi connectivity index (χ0n) is 10.2. The molecule has 5 nitrogen and oxygen atoms in total. The molecule has 0 aromatic carbocycles. The largest absolute Gasteiger partial charge is 0.373 e. The van der Waals surface area contributed by atoms with E-state index in [1.807, 2.05) is 6.07 Å². The van der Waals surface area contributed by atoms with Crippen LogP contribution in [0.1, 0.15) is 44.6 Å². The number of nitrogens with one attached hydrogen (secondary N) is 1. The van der Waals surface area contributed by atoms with E-state index in [4.69, 9.17) is 10.6 Å². The molecule has 90 valence electrons. The number of nitrogens with zero attached hydrogens (tertiary/aromatic N) is 2. The van der Waals surface area contributed by atoms with Crippen LogP contribution < -0.4 is 11.3 Å². The molecular formula is C11H20N4O. The van der Waals surface area contributed by atoms with Crippen molar-refractivity contribution in [3.05, 3.63) is 17.6 Å². The minimum atomic E-state index is 0.347. The molecule has 5 heteroatoms. The first-order chi connectivity index (χ1) is 7.67. The van der Waals surface area contributed by atoms with Crippen LogP contribution in [0.15, 0.2) is 6.07 Å². The first-order valence-electron chi connectivity index (χ1n) is 5.59. The highest BCUT2D eigenvalue weighted by atomic mass is 16.5. The third-order valence-electron chi connectivity index (χ3n) is 2.11. The highest BCUT2D eigenvalue weighted by Gasteiger charge is 2.07. The fourth-order valence-electron chi connectivity index (χ4n) is 1.26. The van der Waals surface area contributed by atoms with Gasteiger partial charge in [-0.1, -0.05) is 20.8 Å². The quantitative estimate of drug-likeness (QED) is 0.438. The number of rotatable bonds is 6. The highest BCUT2D eigenvalue weighted by molar-refractivity contribution is 5.35. The minimum absolute atomic E-state index is 0.347. The molecule has 0 bridgehead atoms. The van der Waals surface area contributed by atoms with Crippen molar-refractivity contribution in [2.45, 2.75) is 39.7 Å². The number of aromatic nitrogens is 2. The van der Waals surface area contributed by atoms with Gasteiger partial charge in [0.2, 0.25) is 0 Å². The smallest absolute Gasteiger partial charge is 0.156 e. The van der Waals surface area contributed by atoms with Crippen molar-refractivity contribution in [1.82, 2.24) is 9.97 Å². The zero-order chi connectivity index (χ0) is 12.0. The Morgan fingerprint density at radius 2 is 2.19 bits per heavy atom. The number of nitrogens with two attached hydrogens (primary N) is 1. The summed E-state index contributed by atoms with van der Waals surface area (Å²) in [5.74, 6) is 7.02. The van der Waals surface area contributed by atoms with Crippen molar-refractivity contribution in [1.29, 1.82) is 0 Å². The molecule has 16 heavy (non-hydrogen) atoms. The van der Waals surface area contributed by atoms with E-state index in [0.29, 0.717) is 24.2 Å². The molecule has 1 rings (SSSR count). The third kappa shape index (κ3) is 3.75. The second-order valence-electron chi connectivity index (χ2n) is 3.95. The lowest BCUT2D eigenvalue weighted by Crippen LogP contribution is -2.12. The molecule has 0 aliphatic heterocycles. The lowest BCUT2D eigenvalue weighted by molar-refractivity contribution is 0.116. The van der Waals surface area contributed by atoms with E-state index >= 15 is 0 Å². The van der Waals surface area contributed by atoms with Crippen LogP contribution in [0.2, 0.25) is 0 Å². The van der Waals surface area contributed by atoms with E-state index < -0.39 is 0 Å². The fraction of sp³-hybridized carbons (Fsp3) is 0.636. The fourth-order valence-corrected chi connectivity index (χ4v) is 1.26. The number of nitrogen functional groups attached to an aromatic ring is 1. The van der Waals surface area contributed by atoms with Crippen LogP contribution in [-0.4, -0.2) is 16.6 Å². The Hall–Kier alpha value is -1.20. The summed E-state index contributed by atoms with van der Waals surface area (Å²) in [4.78, 5) is 8.65. The standard InChI is InChI=1S/C11H20N4O/c1-4-5-16-7-11-13-9(8(2)3)6-10(14-11)15-12/h6,8H,4-5,7,12H2,1-3H3,(H,13,14,15). The van der Waals surface area contributed by atoms with E-state index in [-0.39, 0.29) is 0 Å². The van der Waals surface area contributed by atoms with Gasteiger partial charge >= 0.3 is 0 Å². The number of hydrogen-bond donors (Lipinski definition) is 2. The van der Waals surface area contributed by atoms with Gasteiger partial charge in [0.15, 0.2) is 5.82 Å². The second-order valence-corrected chi connectivity index (χ2v) is 3.95. The van der Waals surface area contributed by atoms with Crippen LogP contribution in [0.3, 0.4) is 0 Å². The van der Waals surface area contributed by atoms with Crippen molar-refractivity contribution in [3.8, 4) is 0 Å². The summed E-state index contributed by atoms with van der Waals surface area (Å²) >= 11 is 0. The molecule has 0 saturated heterocycles. The molecule has 0 spiro atoms. The van der Waals surface area contributed by atoms with Gasteiger partial charge < -0.3 is 10.2 Å². The Balaban J connectivity index is 2.78. The molecule has 1 aromatic rings. The first-order valence-corrected chi connectivity index (χ1v) is 5.59. The van der Waals surface area contributed by atoms with Gasteiger partial charge in [-0.05, 0) is 12.3 Å². The van der Waals surface area contributed by atoms with Crippen molar-refractivity contribution < 1.29 is 4.74 Å². The van der Waals surface area contributed by atoms with Gasteiger partial charge in [-0.15, -0.1) is 0 Å². The summed E-state index contributed by atoms with van der Waals surface area (Å²) in [5, 5.41) is 0. The summed E-state index contributed by atoms with van der Waals surface area (Å²) in [6.07, 6.45) is 0.992. The van der Waals surface area contributed by atoms with E-state index in [9.17, 15) is 0 Å². The summed E-state index contributed by atoms with van der Waals surface area (Å²) in [6.45, 7) is 7.39. The topological polar surface area (TPSA) is 73.1 Å². The lowest BCUT2D eigenvalue weighted by atomic mass is 10.1. The van der Waals surface area contributed by atoms with Gasteiger partial charge in [-0.25, -0.2) is 15.8 Å². The summed E-state index contributed by atoms with van der Waals surface area (Å²) < 4.78 is 5.41. The van der Waals surface area contributed by atoms with E-state index in [0.717, 1.165) is 18.7 Å². The monoisotopic (exact) mass is 224 g/mol. The van der Waals surface area contributed by atoms with Crippen LogP contribution in [0.25, 0.3) is 0 Å². The Morgan fingerprint density at radius 3 is 2.75 bits per heavy atom. The van der Waals surface area contributed by atoms with Gasteiger partial charge in [0.05, 0.1) is 0 Å². The van der Waals surface area contributed by atoms with E-state index in [2.05, 4.69) is 36.2 Å². The lowest BCUT2D eigenvalue weighted by Gasteiger charge is -2.09. The molecule has 0 unspecified atom stereocenters. The van der Waals surface area contributed by atoms with Gasteiger partial charge in [0, 0.05) is 18.4 Å². The summed E-state index contributed by atoms with van der Waals surface area (Å²) in [6, 6.07) is 1.86. The third-order valence-corrected chi connectivity index (χ3v) is 2.11. The van der Waals surface area contributed by atoms with E-state index in [1.165, 1.54) is 0 Å². The van der Waals surface area contributed by atoms with Crippen LogP contribution in [-0.2, 0) is 11.3 Å². The molecule has 0 fully saturated rings. The summed E-state index contributed by atoms with van der Waals surface area (Å²) in [5.41, 5.74) is 3.52. The average Bonchev–Trinajstić information content (AvgIpc) is 2.29. The Bertz CT molecular complexity index is 328. The molecule has 0 amide bonds. The maximum atomic E-state index is 5.41. The first kappa shape index (κ1) is 12.9. The molecular weight excluding hydrogens is 204 g/mol.